The molecule has 0 radical (unpaired) electrons. The number of anilines is 1. The molecule has 0 spiro atoms. The van der Waals surface area contributed by atoms with Gasteiger partial charge in [0.1, 0.15) is 13.2 Å². The summed E-state index contributed by atoms with van der Waals surface area (Å²) in [5.74, 6) is -0.556. The summed E-state index contributed by atoms with van der Waals surface area (Å²) in [5.41, 5.74) is 1.51. The minimum atomic E-state index is -0.364. The minimum absolute atomic E-state index is 0.187. The quantitative estimate of drug-likeness (QED) is 0.0796. The number of rotatable bonds is 37. The number of nitrogens with one attached hydrogen (secondary N) is 1. The van der Waals surface area contributed by atoms with Crippen LogP contribution in [-0.2, 0) is 56.9 Å². The number of hydrogen-bond acceptors (Lipinski definition) is 14. The van der Waals surface area contributed by atoms with E-state index >= 15 is 0 Å². The van der Waals surface area contributed by atoms with Gasteiger partial charge in [0.25, 0.3) is 0 Å². The average molecular weight is 704 g/mol. The molecule has 0 aromatic heterocycles. The first kappa shape index (κ1) is 44.6. The number of unbranched alkanes of at least 4 members (excludes halogenated alkanes) is 1. The molecule has 0 fully saturated rings. The van der Waals surface area contributed by atoms with Crippen molar-refractivity contribution in [1.82, 2.24) is 0 Å². The summed E-state index contributed by atoms with van der Waals surface area (Å²) in [6.45, 7) is 13.6. The first-order valence-electron chi connectivity index (χ1n) is 17.5. The van der Waals surface area contributed by atoms with E-state index in [0.717, 1.165) is 31.5 Å². The maximum absolute atomic E-state index is 12.1. The van der Waals surface area contributed by atoms with Gasteiger partial charge >= 0.3 is 11.9 Å². The predicted octanol–water partition coefficient (Wildman–Crippen LogP) is 3.55. The van der Waals surface area contributed by atoms with Gasteiger partial charge in [-0.2, -0.15) is 0 Å². The van der Waals surface area contributed by atoms with Crippen molar-refractivity contribution in [1.29, 1.82) is 0 Å². The fraction of sp³-hybridized carbons (Fsp3) is 0.771. The van der Waals surface area contributed by atoms with Crippen LogP contribution in [0.15, 0.2) is 24.3 Å². The predicted molar refractivity (Wildman–Crippen MR) is 183 cm³/mol. The lowest BCUT2D eigenvalue weighted by atomic mass is 10.2. The van der Waals surface area contributed by atoms with E-state index in [4.69, 9.17) is 52.1 Å². The molecule has 14 heteroatoms. The second-order valence-electron chi connectivity index (χ2n) is 10.5. The number of esters is 2. The summed E-state index contributed by atoms with van der Waals surface area (Å²) in [4.78, 5) is 23.3. The van der Waals surface area contributed by atoms with Crippen molar-refractivity contribution in [2.75, 3.05) is 144 Å². The Morgan fingerprint density at radius 3 is 1.16 bits per heavy atom. The number of benzene rings is 1. The van der Waals surface area contributed by atoms with E-state index in [2.05, 4.69) is 12.2 Å². The fourth-order valence-electron chi connectivity index (χ4n) is 3.76. The molecule has 1 rings (SSSR count). The first-order chi connectivity index (χ1) is 24.2. The van der Waals surface area contributed by atoms with Crippen LogP contribution in [0, 0.1) is 0 Å². The maximum Gasteiger partial charge on any atom is 0.338 e. The van der Waals surface area contributed by atoms with Gasteiger partial charge in [0.05, 0.1) is 124 Å². The third-order valence-corrected chi connectivity index (χ3v) is 6.36. The van der Waals surface area contributed by atoms with E-state index in [9.17, 15) is 9.59 Å². The summed E-state index contributed by atoms with van der Waals surface area (Å²) in [7, 11) is 0. The number of hydrogen-bond donors (Lipinski definition) is 1. The highest BCUT2D eigenvalue weighted by atomic mass is 16.6. The van der Waals surface area contributed by atoms with E-state index in [1.54, 1.807) is 12.1 Å². The molecule has 1 aromatic rings. The molecule has 0 aliphatic rings. The Morgan fingerprint density at radius 1 is 0.469 bits per heavy atom. The normalized spacial score (nSPS) is 11.1. The largest absolute Gasteiger partial charge is 0.463 e. The molecule has 0 aliphatic carbocycles. The Bertz CT molecular complexity index is 876. The minimum Gasteiger partial charge on any atom is -0.463 e. The molecule has 0 heterocycles. The number of carbonyl (C=O) groups excluding carboxylic acids is 2. The van der Waals surface area contributed by atoms with Gasteiger partial charge in [-0.1, -0.05) is 20.3 Å². The van der Waals surface area contributed by atoms with E-state index in [1.807, 2.05) is 19.1 Å². The summed E-state index contributed by atoms with van der Waals surface area (Å²) in [6, 6.07) is 7.28. The van der Waals surface area contributed by atoms with Crippen LogP contribution in [0.25, 0.3) is 0 Å². The molecule has 1 N–H and O–H groups in total. The summed E-state index contributed by atoms with van der Waals surface area (Å²) < 4.78 is 59.2. The van der Waals surface area contributed by atoms with E-state index in [1.165, 1.54) is 0 Å². The Balaban J connectivity index is 1.70. The van der Waals surface area contributed by atoms with E-state index < -0.39 is 0 Å². The van der Waals surface area contributed by atoms with Crippen molar-refractivity contribution >= 4 is 17.6 Å². The van der Waals surface area contributed by atoms with Crippen LogP contribution in [0.2, 0.25) is 0 Å². The van der Waals surface area contributed by atoms with Gasteiger partial charge in [-0.15, -0.1) is 0 Å². The zero-order chi connectivity index (χ0) is 35.3. The van der Waals surface area contributed by atoms with Crippen molar-refractivity contribution < 1.29 is 61.7 Å². The van der Waals surface area contributed by atoms with Crippen LogP contribution in [0.1, 0.15) is 49.9 Å². The maximum atomic E-state index is 12.1. The van der Waals surface area contributed by atoms with Crippen molar-refractivity contribution in [2.24, 2.45) is 0 Å². The van der Waals surface area contributed by atoms with Crippen LogP contribution >= 0.6 is 0 Å². The molecule has 0 saturated heterocycles. The molecular weight excluding hydrogens is 642 g/mol. The Hall–Kier alpha value is -2.40. The summed E-state index contributed by atoms with van der Waals surface area (Å²) in [5, 5.41) is 3.32. The molecular formula is C35H61NO13. The monoisotopic (exact) mass is 703 g/mol. The molecule has 0 aliphatic heterocycles. The third-order valence-electron chi connectivity index (χ3n) is 6.36. The van der Waals surface area contributed by atoms with E-state index in [0.29, 0.717) is 131 Å². The summed E-state index contributed by atoms with van der Waals surface area (Å²) in [6.07, 6.45) is 3.46. The Labute approximate surface area is 292 Å². The standard InChI is InChI=1S/C35H61NO13/c1-3-5-11-36-33-9-7-32(8-10-33)35(38)49-31-29-47-27-25-45-23-21-43-19-17-41-15-13-39-12-14-40-16-18-42-20-22-44-24-26-46-28-30-48-34(37)6-4-2/h7-10,36H,3-6,11-31H2,1-2H3. The van der Waals surface area contributed by atoms with Crippen LogP contribution in [-0.4, -0.2) is 151 Å². The van der Waals surface area contributed by atoms with Gasteiger partial charge in [0.15, 0.2) is 0 Å². The molecule has 0 amide bonds. The lowest BCUT2D eigenvalue weighted by molar-refractivity contribution is -0.145. The van der Waals surface area contributed by atoms with Gasteiger partial charge in [-0.05, 0) is 37.1 Å². The zero-order valence-corrected chi connectivity index (χ0v) is 29.8. The van der Waals surface area contributed by atoms with Crippen molar-refractivity contribution in [3.05, 3.63) is 29.8 Å². The van der Waals surface area contributed by atoms with Gasteiger partial charge in [-0.25, -0.2) is 4.79 Å². The van der Waals surface area contributed by atoms with Gasteiger partial charge < -0.3 is 57.4 Å². The number of carbonyl (C=O) groups is 2. The lowest BCUT2D eigenvalue weighted by Crippen LogP contribution is -2.16. The van der Waals surface area contributed by atoms with Crippen LogP contribution in [0.3, 0.4) is 0 Å². The molecule has 284 valence electrons. The lowest BCUT2D eigenvalue weighted by Gasteiger charge is -2.09. The first-order valence-corrected chi connectivity index (χ1v) is 17.5. The zero-order valence-electron chi connectivity index (χ0n) is 29.8. The molecule has 49 heavy (non-hydrogen) atoms. The van der Waals surface area contributed by atoms with Gasteiger partial charge in [0, 0.05) is 18.7 Å². The van der Waals surface area contributed by atoms with Gasteiger partial charge in [-0.3, -0.25) is 4.79 Å². The summed E-state index contributed by atoms with van der Waals surface area (Å²) >= 11 is 0. The fourth-order valence-corrected chi connectivity index (χ4v) is 3.76. The van der Waals surface area contributed by atoms with Gasteiger partial charge in [0.2, 0.25) is 0 Å². The molecule has 0 atom stereocenters. The second kappa shape index (κ2) is 35.4. The smallest absolute Gasteiger partial charge is 0.338 e. The second-order valence-corrected chi connectivity index (χ2v) is 10.5. The van der Waals surface area contributed by atoms with Crippen LogP contribution < -0.4 is 5.32 Å². The Kier molecular flexibility index (Phi) is 32.3. The SMILES string of the molecule is CCCCNc1ccc(C(=O)OCCOCCOCCOCCOCCOCCOCCOCCOCCOCCOC(=O)CCC)cc1. The van der Waals surface area contributed by atoms with Crippen molar-refractivity contribution in [2.45, 2.75) is 39.5 Å². The number of ether oxygens (including phenoxy) is 11. The Morgan fingerprint density at radius 2 is 0.816 bits per heavy atom. The molecule has 14 nitrogen and oxygen atoms in total. The molecule has 0 bridgehead atoms. The van der Waals surface area contributed by atoms with Crippen LogP contribution in [0.4, 0.5) is 5.69 Å². The third kappa shape index (κ3) is 30.2. The van der Waals surface area contributed by atoms with E-state index in [-0.39, 0.29) is 25.2 Å². The molecule has 0 saturated carbocycles. The average Bonchev–Trinajstić information content (AvgIpc) is 3.11. The topological polar surface area (TPSA) is 148 Å². The highest BCUT2D eigenvalue weighted by molar-refractivity contribution is 5.89. The van der Waals surface area contributed by atoms with Crippen LogP contribution in [0.5, 0.6) is 0 Å². The molecule has 1 aromatic carbocycles. The highest BCUT2D eigenvalue weighted by Gasteiger charge is 2.07. The van der Waals surface area contributed by atoms with Crippen molar-refractivity contribution in [3.63, 3.8) is 0 Å². The van der Waals surface area contributed by atoms with Crippen molar-refractivity contribution in [3.8, 4) is 0 Å². The highest BCUT2D eigenvalue weighted by Crippen LogP contribution is 2.11. The molecule has 0 unspecified atom stereocenters.